The summed E-state index contributed by atoms with van der Waals surface area (Å²) in [5.41, 5.74) is 0. The Morgan fingerprint density at radius 2 is 1.92 bits per heavy atom. The highest BCUT2D eigenvalue weighted by molar-refractivity contribution is 4.64. The van der Waals surface area contributed by atoms with Crippen molar-refractivity contribution >= 4 is 0 Å². The maximum absolute atomic E-state index is 9.76. The molecule has 2 fully saturated rings. The highest BCUT2D eigenvalue weighted by Gasteiger charge is 2.36. The van der Waals surface area contributed by atoms with Crippen molar-refractivity contribution in [3.8, 4) is 0 Å². The Kier molecular flexibility index (Phi) is 2.83. The molecule has 2 saturated heterocycles. The van der Waals surface area contributed by atoms with Crippen molar-refractivity contribution in [2.45, 2.75) is 38.1 Å². The third-order valence-corrected chi connectivity index (χ3v) is 2.55. The van der Waals surface area contributed by atoms with Crippen LogP contribution in [0.2, 0.25) is 0 Å². The van der Waals surface area contributed by atoms with E-state index in [0.717, 1.165) is 32.4 Å². The minimum Gasteiger partial charge on any atom is -0.342 e. The zero-order valence-corrected chi connectivity index (χ0v) is 7.87. The van der Waals surface area contributed by atoms with Crippen molar-refractivity contribution in [1.29, 1.82) is 0 Å². The minimum atomic E-state index is -1.32. The molecule has 0 aliphatic carbocycles. The predicted molar refractivity (Wildman–Crippen MR) is 46.6 cm³/mol. The number of aliphatic hydroxyl groups is 1. The van der Waals surface area contributed by atoms with E-state index in [-0.39, 0.29) is 0 Å². The number of hydrogen-bond acceptors (Lipinski definition) is 4. The van der Waals surface area contributed by atoms with E-state index >= 15 is 0 Å². The van der Waals surface area contributed by atoms with Crippen molar-refractivity contribution in [2.75, 3.05) is 19.7 Å². The molecule has 76 valence electrons. The highest BCUT2D eigenvalue weighted by Crippen LogP contribution is 2.26. The number of ether oxygens (including phenoxy) is 1. The van der Waals surface area contributed by atoms with Gasteiger partial charge in [-0.25, -0.2) is 4.84 Å². The summed E-state index contributed by atoms with van der Waals surface area (Å²) in [6.45, 7) is 2.42. The molecule has 0 spiro atoms. The summed E-state index contributed by atoms with van der Waals surface area (Å²) in [6.07, 6.45) is 5.03. The second kappa shape index (κ2) is 3.92. The second-order valence-corrected chi connectivity index (χ2v) is 3.75. The van der Waals surface area contributed by atoms with E-state index in [2.05, 4.69) is 0 Å². The zero-order valence-electron chi connectivity index (χ0n) is 7.87. The molecule has 13 heavy (non-hydrogen) atoms. The van der Waals surface area contributed by atoms with Crippen LogP contribution in [0.4, 0.5) is 0 Å². The van der Waals surface area contributed by atoms with E-state index < -0.39 is 5.97 Å². The standard InChI is InChI=1S/C9H17NO3/c11-9(5-4-8-12-9)13-10-6-2-1-3-7-10/h11H,1-8H2. The smallest absolute Gasteiger partial charge is 0.297 e. The summed E-state index contributed by atoms with van der Waals surface area (Å²) >= 11 is 0. The monoisotopic (exact) mass is 187 g/mol. The van der Waals surface area contributed by atoms with Crippen LogP contribution in [0.1, 0.15) is 32.1 Å². The van der Waals surface area contributed by atoms with Crippen molar-refractivity contribution in [3.63, 3.8) is 0 Å². The first-order chi connectivity index (χ1) is 6.29. The molecular formula is C9H17NO3. The summed E-state index contributed by atoms with van der Waals surface area (Å²) < 4.78 is 5.13. The van der Waals surface area contributed by atoms with Gasteiger partial charge in [0.2, 0.25) is 0 Å². The van der Waals surface area contributed by atoms with Gasteiger partial charge in [-0.1, -0.05) is 6.42 Å². The molecule has 2 aliphatic heterocycles. The summed E-state index contributed by atoms with van der Waals surface area (Å²) in [5, 5.41) is 11.6. The molecule has 1 unspecified atom stereocenters. The summed E-state index contributed by atoms with van der Waals surface area (Å²) in [5.74, 6) is -1.32. The zero-order chi connectivity index (χ0) is 9.15. The van der Waals surface area contributed by atoms with Crippen LogP contribution in [0.3, 0.4) is 0 Å². The maximum Gasteiger partial charge on any atom is 0.297 e. The van der Waals surface area contributed by atoms with E-state index in [0.29, 0.717) is 13.0 Å². The quantitative estimate of drug-likeness (QED) is 0.651. The Morgan fingerprint density at radius 3 is 2.54 bits per heavy atom. The van der Waals surface area contributed by atoms with Crippen molar-refractivity contribution < 1.29 is 14.7 Å². The van der Waals surface area contributed by atoms with Crippen LogP contribution in [-0.2, 0) is 9.57 Å². The molecule has 0 aromatic heterocycles. The molecule has 0 saturated carbocycles. The van der Waals surface area contributed by atoms with Crippen molar-refractivity contribution in [2.24, 2.45) is 0 Å². The van der Waals surface area contributed by atoms with Gasteiger partial charge < -0.3 is 9.84 Å². The van der Waals surface area contributed by atoms with Crippen LogP contribution < -0.4 is 0 Å². The van der Waals surface area contributed by atoms with Gasteiger partial charge in [0.15, 0.2) is 0 Å². The Balaban J connectivity index is 1.81. The molecule has 0 aromatic rings. The first-order valence-corrected chi connectivity index (χ1v) is 5.09. The van der Waals surface area contributed by atoms with E-state index in [1.165, 1.54) is 6.42 Å². The number of nitrogens with zero attached hydrogens (tertiary/aromatic N) is 1. The fourth-order valence-electron chi connectivity index (χ4n) is 1.83. The topological polar surface area (TPSA) is 41.9 Å². The number of rotatable bonds is 2. The molecule has 4 heteroatoms. The summed E-state index contributed by atoms with van der Waals surface area (Å²) in [6, 6.07) is 0. The molecule has 2 rings (SSSR count). The van der Waals surface area contributed by atoms with Gasteiger partial charge in [-0.05, 0) is 19.3 Å². The molecule has 1 N–H and O–H groups in total. The third kappa shape index (κ3) is 2.40. The molecule has 1 atom stereocenters. The lowest BCUT2D eigenvalue weighted by molar-refractivity contribution is -0.422. The Labute approximate surface area is 78.4 Å². The van der Waals surface area contributed by atoms with Gasteiger partial charge in [-0.3, -0.25) is 0 Å². The van der Waals surface area contributed by atoms with E-state index in [4.69, 9.17) is 9.57 Å². The molecular weight excluding hydrogens is 170 g/mol. The Hall–Kier alpha value is -0.160. The fourth-order valence-corrected chi connectivity index (χ4v) is 1.83. The highest BCUT2D eigenvalue weighted by atomic mass is 16.9. The van der Waals surface area contributed by atoms with Gasteiger partial charge >= 0.3 is 0 Å². The van der Waals surface area contributed by atoms with Gasteiger partial charge in [0.25, 0.3) is 5.97 Å². The molecule has 0 radical (unpaired) electrons. The number of hydrogen-bond donors (Lipinski definition) is 1. The fraction of sp³-hybridized carbons (Fsp3) is 1.00. The van der Waals surface area contributed by atoms with Crippen molar-refractivity contribution in [1.82, 2.24) is 5.06 Å². The van der Waals surface area contributed by atoms with Gasteiger partial charge in [0.1, 0.15) is 0 Å². The predicted octanol–water partition coefficient (Wildman–Crippen LogP) is 0.860. The third-order valence-electron chi connectivity index (χ3n) is 2.55. The summed E-state index contributed by atoms with van der Waals surface area (Å²) in [4.78, 5) is 5.41. The lowest BCUT2D eigenvalue weighted by Crippen LogP contribution is -2.42. The van der Waals surface area contributed by atoms with E-state index in [1.807, 2.05) is 5.06 Å². The Morgan fingerprint density at radius 1 is 1.15 bits per heavy atom. The molecule has 0 amide bonds. The normalized spacial score (nSPS) is 36.7. The van der Waals surface area contributed by atoms with Gasteiger partial charge in [0, 0.05) is 19.5 Å². The lowest BCUT2D eigenvalue weighted by Gasteiger charge is -2.32. The first kappa shape index (κ1) is 9.40. The minimum absolute atomic E-state index is 0.587. The van der Waals surface area contributed by atoms with Crippen LogP contribution in [0.5, 0.6) is 0 Å². The molecule has 0 aromatic carbocycles. The summed E-state index contributed by atoms with van der Waals surface area (Å²) in [7, 11) is 0. The van der Waals surface area contributed by atoms with Crippen LogP contribution in [-0.4, -0.2) is 35.8 Å². The second-order valence-electron chi connectivity index (χ2n) is 3.75. The Bertz CT molecular complexity index is 162. The molecule has 2 heterocycles. The average Bonchev–Trinajstić information content (AvgIpc) is 2.54. The van der Waals surface area contributed by atoms with E-state index in [9.17, 15) is 5.11 Å². The van der Waals surface area contributed by atoms with E-state index in [1.54, 1.807) is 0 Å². The van der Waals surface area contributed by atoms with Crippen LogP contribution in [0.25, 0.3) is 0 Å². The van der Waals surface area contributed by atoms with Crippen LogP contribution >= 0.6 is 0 Å². The number of piperidine rings is 1. The van der Waals surface area contributed by atoms with Gasteiger partial charge in [0.05, 0.1) is 6.61 Å². The molecule has 0 bridgehead atoms. The average molecular weight is 187 g/mol. The molecule has 2 aliphatic rings. The van der Waals surface area contributed by atoms with Crippen LogP contribution in [0.15, 0.2) is 0 Å². The first-order valence-electron chi connectivity index (χ1n) is 5.09. The number of hydroxylamine groups is 2. The van der Waals surface area contributed by atoms with Gasteiger partial charge in [-0.15, -0.1) is 0 Å². The van der Waals surface area contributed by atoms with Gasteiger partial charge in [-0.2, -0.15) is 5.06 Å². The maximum atomic E-state index is 9.76. The SMILES string of the molecule is OC1(ON2CCCCC2)CCCO1. The lowest BCUT2D eigenvalue weighted by atomic mass is 10.2. The van der Waals surface area contributed by atoms with Crippen molar-refractivity contribution in [3.05, 3.63) is 0 Å². The largest absolute Gasteiger partial charge is 0.342 e. The van der Waals surface area contributed by atoms with Crippen LogP contribution in [0, 0.1) is 0 Å². The molecule has 4 nitrogen and oxygen atoms in total.